The fourth-order valence-electron chi connectivity index (χ4n) is 5.21. The fourth-order valence-corrected chi connectivity index (χ4v) is 5.21. The summed E-state index contributed by atoms with van der Waals surface area (Å²) in [6.45, 7) is 2.96. The number of fused-ring (bicyclic) bond motifs is 2. The maximum absolute atomic E-state index is 16.1. The molecule has 7 rings (SSSR count). The minimum atomic E-state index is -0.464. The van der Waals surface area contributed by atoms with Crippen LogP contribution in [0.1, 0.15) is 24.8 Å². The Hall–Kier alpha value is -4.57. The first-order valence-corrected chi connectivity index (χ1v) is 12.7. The monoisotopic (exact) mass is 505 g/mol. The summed E-state index contributed by atoms with van der Waals surface area (Å²) >= 11 is 0. The van der Waals surface area contributed by atoms with Crippen LogP contribution in [0.5, 0.6) is 0 Å². The molecule has 1 aliphatic rings. The molecule has 0 spiro atoms. The minimum absolute atomic E-state index is 0.238. The van der Waals surface area contributed by atoms with Gasteiger partial charge in [0.2, 0.25) is 0 Å². The molecule has 9 nitrogen and oxygen atoms in total. The van der Waals surface area contributed by atoms with Crippen LogP contribution in [0.4, 0.5) is 4.39 Å². The van der Waals surface area contributed by atoms with Crippen LogP contribution in [0.25, 0.3) is 55.8 Å². The Kier molecular flexibility index (Phi) is 5.58. The molecule has 1 aliphatic heterocycles. The molecule has 10 heteroatoms. The zero-order valence-corrected chi connectivity index (χ0v) is 20.5. The van der Waals surface area contributed by atoms with Crippen molar-refractivity contribution < 1.29 is 4.39 Å². The molecule has 0 aromatic carbocycles. The molecule has 0 atom stereocenters. The summed E-state index contributed by atoms with van der Waals surface area (Å²) in [7, 11) is 0. The fraction of sp³-hybridized carbons (Fsp3) is 0.214. The highest BCUT2D eigenvalue weighted by Gasteiger charge is 2.22. The number of aromatic amines is 2. The van der Waals surface area contributed by atoms with Crippen molar-refractivity contribution in [1.29, 1.82) is 0 Å². The maximum atomic E-state index is 16.1. The topological polar surface area (TPSA) is 112 Å². The number of aromatic nitrogens is 8. The number of nitrogens with one attached hydrogen (secondary N) is 2. The minimum Gasteiger partial charge on any atom is -0.335 e. The largest absolute Gasteiger partial charge is 0.335 e. The maximum Gasteiger partial charge on any atom is 0.161 e. The molecule has 2 N–H and O–H groups in total. The van der Waals surface area contributed by atoms with Crippen LogP contribution in [-0.2, 0) is 6.54 Å². The van der Waals surface area contributed by atoms with Gasteiger partial charge in [-0.3, -0.25) is 29.9 Å². The van der Waals surface area contributed by atoms with Crippen molar-refractivity contribution in [2.75, 3.05) is 13.1 Å². The second-order valence-corrected chi connectivity index (χ2v) is 9.61. The van der Waals surface area contributed by atoms with Gasteiger partial charge in [0.1, 0.15) is 16.9 Å². The number of imidazole rings is 1. The first-order valence-electron chi connectivity index (χ1n) is 12.7. The first-order chi connectivity index (χ1) is 18.7. The van der Waals surface area contributed by atoms with Crippen molar-refractivity contribution in [2.24, 2.45) is 0 Å². The highest BCUT2D eigenvalue weighted by molar-refractivity contribution is 5.97. The zero-order valence-electron chi connectivity index (χ0n) is 20.5. The van der Waals surface area contributed by atoms with Gasteiger partial charge in [-0.05, 0) is 43.6 Å². The van der Waals surface area contributed by atoms with E-state index in [4.69, 9.17) is 4.98 Å². The molecule has 0 unspecified atom stereocenters. The van der Waals surface area contributed by atoms with Crippen LogP contribution < -0.4 is 0 Å². The molecule has 1 saturated heterocycles. The van der Waals surface area contributed by atoms with Crippen LogP contribution in [0.15, 0.2) is 61.6 Å². The summed E-state index contributed by atoms with van der Waals surface area (Å²) in [6, 6.07) is 5.79. The smallest absolute Gasteiger partial charge is 0.161 e. The van der Waals surface area contributed by atoms with Crippen molar-refractivity contribution in [3.8, 4) is 33.9 Å². The lowest BCUT2D eigenvalue weighted by atomic mass is 10.1. The molecule has 188 valence electrons. The predicted molar refractivity (Wildman–Crippen MR) is 142 cm³/mol. The van der Waals surface area contributed by atoms with Crippen LogP contribution in [0.2, 0.25) is 0 Å². The molecule has 38 heavy (non-hydrogen) atoms. The van der Waals surface area contributed by atoms with E-state index in [2.05, 4.69) is 40.0 Å². The van der Waals surface area contributed by atoms with Crippen LogP contribution in [0, 0.1) is 5.82 Å². The molecule has 6 aromatic heterocycles. The molecular weight excluding hydrogens is 481 g/mol. The van der Waals surface area contributed by atoms with E-state index in [0.717, 1.165) is 41.8 Å². The second kappa shape index (κ2) is 9.38. The van der Waals surface area contributed by atoms with Crippen molar-refractivity contribution >= 4 is 21.9 Å². The number of hydrogen-bond acceptors (Lipinski definition) is 7. The van der Waals surface area contributed by atoms with Gasteiger partial charge in [0.05, 0.1) is 28.8 Å². The summed E-state index contributed by atoms with van der Waals surface area (Å²) in [4.78, 5) is 27.8. The van der Waals surface area contributed by atoms with E-state index in [1.165, 1.54) is 19.3 Å². The standard InChI is InChI=1S/C28H24FN9/c29-24-23-21(15-33-25(24)19-9-17(10-31-12-19)16-38-7-2-1-3-8-38)36-37-27(23)28-34-22-14-32-13-20(26(22)35-28)18-5-4-6-30-11-18/h4-6,9-15H,1-3,7-8,16H2,(H,34,35)(H,36,37). The van der Waals surface area contributed by atoms with Gasteiger partial charge in [0.25, 0.3) is 0 Å². The molecule has 1 fully saturated rings. The Morgan fingerprint density at radius 1 is 0.868 bits per heavy atom. The van der Waals surface area contributed by atoms with Crippen molar-refractivity contribution in [3.63, 3.8) is 0 Å². The van der Waals surface area contributed by atoms with E-state index < -0.39 is 5.82 Å². The average Bonchev–Trinajstić information content (AvgIpc) is 3.59. The highest BCUT2D eigenvalue weighted by atomic mass is 19.1. The van der Waals surface area contributed by atoms with Crippen LogP contribution >= 0.6 is 0 Å². The highest BCUT2D eigenvalue weighted by Crippen LogP contribution is 2.34. The summed E-state index contributed by atoms with van der Waals surface area (Å²) in [5, 5.41) is 7.63. The Balaban J connectivity index is 1.29. The van der Waals surface area contributed by atoms with Gasteiger partial charge in [0, 0.05) is 54.2 Å². The molecular formula is C28H24FN9. The molecule has 7 heterocycles. The lowest BCUT2D eigenvalue weighted by Crippen LogP contribution is -2.29. The summed E-state index contributed by atoms with van der Waals surface area (Å²) in [5.74, 6) is -0.0216. The zero-order chi connectivity index (χ0) is 25.5. The number of halogens is 1. The molecule has 0 radical (unpaired) electrons. The van der Waals surface area contributed by atoms with Gasteiger partial charge in [-0.15, -0.1) is 0 Å². The Morgan fingerprint density at radius 3 is 2.61 bits per heavy atom. The number of piperidine rings is 1. The van der Waals surface area contributed by atoms with Gasteiger partial charge < -0.3 is 4.98 Å². The van der Waals surface area contributed by atoms with E-state index in [1.807, 2.05) is 24.4 Å². The van der Waals surface area contributed by atoms with E-state index in [1.54, 1.807) is 37.2 Å². The van der Waals surface area contributed by atoms with Crippen LogP contribution in [0.3, 0.4) is 0 Å². The van der Waals surface area contributed by atoms with Crippen LogP contribution in [-0.4, -0.2) is 58.1 Å². The van der Waals surface area contributed by atoms with E-state index in [-0.39, 0.29) is 5.69 Å². The summed E-state index contributed by atoms with van der Waals surface area (Å²) in [6.07, 6.45) is 15.7. The number of likely N-dealkylation sites (tertiary alicyclic amines) is 1. The quantitative estimate of drug-likeness (QED) is 0.333. The number of H-pyrrole nitrogens is 2. The molecule has 0 aliphatic carbocycles. The number of nitrogens with zero attached hydrogens (tertiary/aromatic N) is 7. The van der Waals surface area contributed by atoms with Gasteiger partial charge in [-0.1, -0.05) is 12.5 Å². The number of hydrogen-bond donors (Lipinski definition) is 2. The third kappa shape index (κ3) is 3.99. The van der Waals surface area contributed by atoms with Gasteiger partial charge >= 0.3 is 0 Å². The van der Waals surface area contributed by atoms with Crippen molar-refractivity contribution in [3.05, 3.63) is 73.0 Å². The van der Waals surface area contributed by atoms with Gasteiger partial charge in [0.15, 0.2) is 11.6 Å². The molecule has 6 aromatic rings. The third-order valence-electron chi connectivity index (χ3n) is 7.06. The van der Waals surface area contributed by atoms with Crippen molar-refractivity contribution in [2.45, 2.75) is 25.8 Å². The number of rotatable bonds is 5. The average molecular weight is 506 g/mol. The van der Waals surface area contributed by atoms with Crippen molar-refractivity contribution in [1.82, 2.24) is 45.0 Å². The Morgan fingerprint density at radius 2 is 1.74 bits per heavy atom. The molecule has 0 saturated carbocycles. The van der Waals surface area contributed by atoms with Gasteiger partial charge in [-0.2, -0.15) is 5.10 Å². The Bertz CT molecular complexity index is 1750. The van der Waals surface area contributed by atoms with Gasteiger partial charge in [-0.25, -0.2) is 9.37 Å². The lowest BCUT2D eigenvalue weighted by molar-refractivity contribution is 0.220. The summed E-state index contributed by atoms with van der Waals surface area (Å²) < 4.78 is 16.1. The first kappa shape index (κ1) is 22.6. The van der Waals surface area contributed by atoms with E-state index in [9.17, 15) is 0 Å². The number of pyridine rings is 4. The SMILES string of the molecule is Fc1c(-c2cncc(CN3CCCCC3)c2)ncc2[nH]nc(-c3nc4c(-c5cccnc5)cncc4[nH]3)c12. The molecule has 0 amide bonds. The van der Waals surface area contributed by atoms with E-state index in [0.29, 0.717) is 33.5 Å². The van der Waals surface area contributed by atoms with E-state index >= 15 is 4.39 Å². The lowest BCUT2D eigenvalue weighted by Gasteiger charge is -2.26. The molecule has 0 bridgehead atoms. The third-order valence-corrected chi connectivity index (χ3v) is 7.06. The predicted octanol–water partition coefficient (Wildman–Crippen LogP) is 5.15. The second-order valence-electron chi connectivity index (χ2n) is 9.61. The normalized spacial score (nSPS) is 14.4. The summed E-state index contributed by atoms with van der Waals surface area (Å²) in [5.41, 5.74) is 5.95. The Labute approximate surface area is 217 Å².